The summed E-state index contributed by atoms with van der Waals surface area (Å²) in [4.78, 5) is 26.8. The zero-order chi connectivity index (χ0) is 12.9. The molecule has 5 nitrogen and oxygen atoms in total. The third-order valence-corrected chi connectivity index (χ3v) is 3.56. The molecule has 2 fully saturated rings. The van der Waals surface area contributed by atoms with Gasteiger partial charge in [-0.25, -0.2) is 9.69 Å². The van der Waals surface area contributed by atoms with Crippen LogP contribution in [0.1, 0.15) is 6.42 Å². The van der Waals surface area contributed by atoms with Crippen LogP contribution in [0.3, 0.4) is 0 Å². The fourth-order valence-corrected chi connectivity index (χ4v) is 2.58. The molecule has 3 rings (SSSR count). The topological polar surface area (TPSA) is 60.9 Å². The standard InChI is InChI=1S/C12H11ClN2O3/c13-7-1-3-8(4-2-7)15-11(17)10-5-9(16)6-14(10)12(15)18/h1-4,9-10,16H,5-6H2/t9-,10+/m1/s1. The van der Waals surface area contributed by atoms with E-state index in [0.29, 0.717) is 17.1 Å². The van der Waals surface area contributed by atoms with Gasteiger partial charge in [0.2, 0.25) is 0 Å². The molecule has 0 bridgehead atoms. The summed E-state index contributed by atoms with van der Waals surface area (Å²) >= 11 is 5.77. The number of aliphatic hydroxyl groups is 1. The van der Waals surface area contributed by atoms with Crippen LogP contribution in [-0.2, 0) is 4.79 Å². The maximum atomic E-state index is 12.1. The Morgan fingerprint density at radius 3 is 2.50 bits per heavy atom. The smallest absolute Gasteiger partial charge is 0.332 e. The third-order valence-electron chi connectivity index (χ3n) is 3.31. The van der Waals surface area contributed by atoms with E-state index in [1.54, 1.807) is 24.3 Å². The van der Waals surface area contributed by atoms with Crippen LogP contribution >= 0.6 is 11.6 Å². The predicted octanol–water partition coefficient (Wildman–Crippen LogP) is 1.24. The zero-order valence-corrected chi connectivity index (χ0v) is 10.2. The quantitative estimate of drug-likeness (QED) is 0.778. The van der Waals surface area contributed by atoms with Gasteiger partial charge in [-0.1, -0.05) is 11.6 Å². The Balaban J connectivity index is 1.93. The Kier molecular flexibility index (Phi) is 2.53. The van der Waals surface area contributed by atoms with E-state index in [2.05, 4.69) is 0 Å². The fourth-order valence-electron chi connectivity index (χ4n) is 2.46. The van der Waals surface area contributed by atoms with E-state index in [1.807, 2.05) is 0 Å². The molecule has 2 heterocycles. The van der Waals surface area contributed by atoms with Gasteiger partial charge in [0.25, 0.3) is 5.91 Å². The number of hydrogen-bond acceptors (Lipinski definition) is 3. The van der Waals surface area contributed by atoms with Crippen molar-refractivity contribution >= 4 is 29.2 Å². The highest BCUT2D eigenvalue weighted by atomic mass is 35.5. The first-order valence-corrected chi connectivity index (χ1v) is 6.04. The third kappa shape index (κ3) is 1.59. The van der Waals surface area contributed by atoms with Gasteiger partial charge < -0.3 is 10.0 Å². The number of benzene rings is 1. The van der Waals surface area contributed by atoms with E-state index < -0.39 is 12.1 Å². The maximum Gasteiger partial charge on any atom is 0.332 e. The summed E-state index contributed by atoms with van der Waals surface area (Å²) in [7, 11) is 0. The van der Waals surface area contributed by atoms with Crippen LogP contribution in [-0.4, -0.2) is 40.6 Å². The summed E-state index contributed by atoms with van der Waals surface area (Å²) in [6, 6.07) is 5.64. The lowest BCUT2D eigenvalue weighted by Crippen LogP contribution is -2.34. The molecule has 2 atom stereocenters. The highest BCUT2D eigenvalue weighted by molar-refractivity contribution is 6.30. The van der Waals surface area contributed by atoms with Crippen LogP contribution in [0, 0.1) is 0 Å². The zero-order valence-electron chi connectivity index (χ0n) is 9.41. The highest BCUT2D eigenvalue weighted by Gasteiger charge is 2.50. The summed E-state index contributed by atoms with van der Waals surface area (Å²) < 4.78 is 0. The molecule has 1 aromatic carbocycles. The first kappa shape index (κ1) is 11.5. The number of anilines is 1. The molecule has 0 aromatic heterocycles. The van der Waals surface area contributed by atoms with E-state index in [0.717, 1.165) is 4.90 Å². The van der Waals surface area contributed by atoms with E-state index in [1.165, 1.54) is 4.90 Å². The van der Waals surface area contributed by atoms with Crippen LogP contribution in [0.4, 0.5) is 10.5 Å². The number of carbonyl (C=O) groups is 2. The van der Waals surface area contributed by atoms with Gasteiger partial charge in [-0.05, 0) is 24.3 Å². The molecule has 94 valence electrons. The summed E-state index contributed by atoms with van der Waals surface area (Å²) in [5.41, 5.74) is 0.512. The van der Waals surface area contributed by atoms with Crippen molar-refractivity contribution in [3.05, 3.63) is 29.3 Å². The van der Waals surface area contributed by atoms with Crippen LogP contribution < -0.4 is 4.90 Å². The minimum absolute atomic E-state index is 0.222. The van der Waals surface area contributed by atoms with E-state index in [-0.39, 0.29) is 18.5 Å². The second kappa shape index (κ2) is 3.96. The molecule has 0 saturated carbocycles. The van der Waals surface area contributed by atoms with Crippen LogP contribution in [0.5, 0.6) is 0 Å². The van der Waals surface area contributed by atoms with Crippen LogP contribution in [0.15, 0.2) is 24.3 Å². The van der Waals surface area contributed by atoms with Crippen molar-refractivity contribution in [2.24, 2.45) is 0 Å². The Hall–Kier alpha value is -1.59. The SMILES string of the molecule is O=C1[C@@H]2C[C@@H](O)CN2C(=O)N1c1ccc(Cl)cc1. The number of hydrogen-bond donors (Lipinski definition) is 1. The Morgan fingerprint density at radius 1 is 1.22 bits per heavy atom. The highest BCUT2D eigenvalue weighted by Crippen LogP contribution is 2.31. The average molecular weight is 267 g/mol. The van der Waals surface area contributed by atoms with E-state index in [9.17, 15) is 14.7 Å². The Bertz CT molecular complexity index is 493. The molecule has 0 unspecified atom stereocenters. The van der Waals surface area contributed by atoms with Crippen molar-refractivity contribution in [3.63, 3.8) is 0 Å². The number of imide groups is 1. The lowest BCUT2D eigenvalue weighted by atomic mass is 10.2. The molecule has 2 aliphatic rings. The first-order chi connectivity index (χ1) is 8.58. The summed E-state index contributed by atoms with van der Waals surface area (Å²) in [6.07, 6.45) is -0.287. The summed E-state index contributed by atoms with van der Waals surface area (Å²) in [5.74, 6) is -0.279. The molecule has 0 radical (unpaired) electrons. The van der Waals surface area contributed by atoms with E-state index in [4.69, 9.17) is 11.6 Å². The summed E-state index contributed by atoms with van der Waals surface area (Å²) in [6.45, 7) is 0.222. The first-order valence-electron chi connectivity index (χ1n) is 5.66. The largest absolute Gasteiger partial charge is 0.391 e. The maximum absolute atomic E-state index is 12.1. The van der Waals surface area contributed by atoms with E-state index >= 15 is 0 Å². The molecule has 0 spiro atoms. The Morgan fingerprint density at radius 2 is 1.89 bits per heavy atom. The molecule has 2 saturated heterocycles. The van der Waals surface area contributed by atoms with Gasteiger partial charge >= 0.3 is 6.03 Å². The van der Waals surface area contributed by atoms with Gasteiger partial charge in [-0.3, -0.25) is 4.79 Å². The van der Waals surface area contributed by atoms with Gasteiger partial charge in [-0.2, -0.15) is 0 Å². The van der Waals surface area contributed by atoms with Crippen LogP contribution in [0.2, 0.25) is 5.02 Å². The van der Waals surface area contributed by atoms with Crippen molar-refractivity contribution in [1.82, 2.24) is 4.90 Å². The Labute approximate surface area is 109 Å². The fraction of sp³-hybridized carbons (Fsp3) is 0.333. The second-order valence-electron chi connectivity index (χ2n) is 4.49. The number of rotatable bonds is 1. The average Bonchev–Trinajstić information content (AvgIpc) is 2.82. The second-order valence-corrected chi connectivity index (χ2v) is 4.93. The van der Waals surface area contributed by atoms with Crippen molar-refractivity contribution in [3.8, 4) is 0 Å². The van der Waals surface area contributed by atoms with Gasteiger partial charge in [0, 0.05) is 18.0 Å². The number of nitrogens with zero attached hydrogens (tertiary/aromatic N) is 2. The minimum Gasteiger partial charge on any atom is -0.391 e. The van der Waals surface area contributed by atoms with Gasteiger partial charge in [0.1, 0.15) is 6.04 Å². The molecule has 1 aromatic rings. The number of carbonyl (C=O) groups excluding carboxylic acids is 2. The van der Waals surface area contributed by atoms with Gasteiger partial charge in [0.15, 0.2) is 0 Å². The van der Waals surface area contributed by atoms with Gasteiger partial charge in [-0.15, -0.1) is 0 Å². The number of urea groups is 1. The van der Waals surface area contributed by atoms with Crippen molar-refractivity contribution in [2.45, 2.75) is 18.6 Å². The number of fused-ring (bicyclic) bond motifs is 1. The predicted molar refractivity (Wildman–Crippen MR) is 65.5 cm³/mol. The lowest BCUT2D eigenvalue weighted by molar-refractivity contribution is -0.119. The molecule has 18 heavy (non-hydrogen) atoms. The number of aliphatic hydroxyl groups excluding tert-OH is 1. The molecule has 3 amide bonds. The molecular weight excluding hydrogens is 256 g/mol. The molecular formula is C12H11ClN2O3. The number of amides is 3. The monoisotopic (exact) mass is 266 g/mol. The molecule has 1 N–H and O–H groups in total. The summed E-state index contributed by atoms with van der Waals surface area (Å²) in [5, 5.41) is 10.0. The normalized spacial score (nSPS) is 27.0. The molecule has 0 aliphatic carbocycles. The van der Waals surface area contributed by atoms with Crippen molar-refractivity contribution < 1.29 is 14.7 Å². The molecule has 6 heteroatoms. The number of halogens is 1. The van der Waals surface area contributed by atoms with Crippen molar-refractivity contribution in [1.29, 1.82) is 0 Å². The van der Waals surface area contributed by atoms with Crippen LogP contribution in [0.25, 0.3) is 0 Å². The molecule has 2 aliphatic heterocycles. The van der Waals surface area contributed by atoms with Crippen molar-refractivity contribution in [2.75, 3.05) is 11.4 Å². The minimum atomic E-state index is -0.602. The lowest BCUT2D eigenvalue weighted by Gasteiger charge is -2.16. The van der Waals surface area contributed by atoms with Gasteiger partial charge in [0.05, 0.1) is 11.8 Å².